The fourth-order valence-corrected chi connectivity index (χ4v) is 7.13. The van der Waals surface area contributed by atoms with Crippen molar-refractivity contribution in [3.8, 4) is 0 Å². The van der Waals surface area contributed by atoms with Gasteiger partial charge in [-0.3, -0.25) is 23.9 Å². The first-order valence-electron chi connectivity index (χ1n) is 9.66. The van der Waals surface area contributed by atoms with E-state index in [1.165, 1.54) is 45.7 Å². The SMILES string of the molecule is CC(=O)N(C1C(=O)N2CC(C(=O)O)(C(S)c3nnc(CO)o3)CS[C@H]12)n1cc(Br)c(=O)c(Br)c1. The summed E-state index contributed by atoms with van der Waals surface area (Å²) < 4.78 is 7.03. The number of aromatic nitrogens is 3. The number of fused-ring (bicyclic) bond motifs is 1. The van der Waals surface area contributed by atoms with E-state index in [0.717, 1.165) is 0 Å². The molecule has 2 aromatic rings. The Labute approximate surface area is 218 Å². The summed E-state index contributed by atoms with van der Waals surface area (Å²) >= 11 is 11.9. The van der Waals surface area contributed by atoms with Gasteiger partial charge in [0, 0.05) is 31.6 Å². The Morgan fingerprint density at radius 3 is 2.53 bits per heavy atom. The number of β-lactam (4-membered cyclic amide) rings is 1. The van der Waals surface area contributed by atoms with E-state index in [-0.39, 0.29) is 38.5 Å². The maximum absolute atomic E-state index is 13.2. The van der Waals surface area contributed by atoms with Crippen LogP contribution in [-0.4, -0.2) is 71.5 Å². The van der Waals surface area contributed by atoms with Crippen molar-refractivity contribution in [3.05, 3.63) is 43.3 Å². The molecule has 4 rings (SSSR count). The monoisotopic (exact) mass is 637 g/mol. The van der Waals surface area contributed by atoms with Crippen molar-refractivity contribution in [1.82, 2.24) is 19.8 Å². The lowest BCUT2D eigenvalue weighted by Crippen LogP contribution is -2.76. The van der Waals surface area contributed by atoms with Crippen molar-refractivity contribution in [2.45, 2.75) is 30.2 Å². The molecule has 0 aliphatic carbocycles. The average molecular weight is 639 g/mol. The number of aliphatic carboxylic acids is 1. The minimum Gasteiger partial charge on any atom is -0.481 e. The number of pyridine rings is 1. The van der Waals surface area contributed by atoms with Crippen LogP contribution < -0.4 is 10.4 Å². The summed E-state index contributed by atoms with van der Waals surface area (Å²) in [5.74, 6) is -2.20. The average Bonchev–Trinajstić information content (AvgIpc) is 3.28. The van der Waals surface area contributed by atoms with E-state index in [4.69, 9.17) is 9.52 Å². The lowest BCUT2D eigenvalue weighted by Gasteiger charge is -2.56. The molecule has 34 heavy (non-hydrogen) atoms. The van der Waals surface area contributed by atoms with Crippen LogP contribution in [0.5, 0.6) is 0 Å². The first kappa shape index (κ1) is 25.2. The van der Waals surface area contributed by atoms with Gasteiger partial charge in [0.05, 0.1) is 14.2 Å². The molecule has 2 N–H and O–H groups in total. The van der Waals surface area contributed by atoms with Crippen molar-refractivity contribution in [2.24, 2.45) is 5.41 Å². The summed E-state index contributed by atoms with van der Waals surface area (Å²) in [6.07, 6.45) is 2.77. The van der Waals surface area contributed by atoms with E-state index in [9.17, 15) is 24.3 Å². The second-order valence-electron chi connectivity index (χ2n) is 7.70. The number of rotatable bonds is 6. The molecule has 16 heteroatoms. The number of thioether (sulfide) groups is 1. The number of hydrogen-bond acceptors (Lipinski definition) is 10. The minimum absolute atomic E-state index is 0.0432. The number of aliphatic hydroxyl groups excluding tert-OH is 1. The summed E-state index contributed by atoms with van der Waals surface area (Å²) in [6.45, 7) is 0.599. The van der Waals surface area contributed by atoms with E-state index in [1.54, 1.807) is 0 Å². The maximum Gasteiger partial charge on any atom is 0.313 e. The van der Waals surface area contributed by atoms with Crippen LogP contribution in [0.2, 0.25) is 0 Å². The first-order valence-corrected chi connectivity index (χ1v) is 12.8. The van der Waals surface area contributed by atoms with Gasteiger partial charge in [-0.25, -0.2) is 5.01 Å². The summed E-state index contributed by atoms with van der Waals surface area (Å²) in [5, 5.41) is 26.3. The van der Waals surface area contributed by atoms with E-state index < -0.39 is 46.5 Å². The molecule has 2 saturated heterocycles. The van der Waals surface area contributed by atoms with Crippen molar-refractivity contribution in [3.63, 3.8) is 0 Å². The van der Waals surface area contributed by atoms with Gasteiger partial charge >= 0.3 is 5.97 Å². The zero-order valence-electron chi connectivity index (χ0n) is 17.3. The van der Waals surface area contributed by atoms with Crippen LogP contribution in [0.15, 0.2) is 30.6 Å². The summed E-state index contributed by atoms with van der Waals surface area (Å²) in [7, 11) is 0. The van der Waals surface area contributed by atoms with Crippen molar-refractivity contribution >= 4 is 74.0 Å². The third-order valence-corrected chi connectivity index (χ3v) is 9.02. The van der Waals surface area contributed by atoms with Crippen molar-refractivity contribution in [1.29, 1.82) is 0 Å². The van der Waals surface area contributed by atoms with E-state index in [0.29, 0.717) is 0 Å². The largest absolute Gasteiger partial charge is 0.481 e. The molecular weight excluding hydrogens is 622 g/mol. The number of aliphatic hydroxyl groups is 1. The van der Waals surface area contributed by atoms with E-state index in [1.807, 2.05) is 0 Å². The normalized spacial score (nSPS) is 24.9. The molecule has 0 spiro atoms. The lowest BCUT2D eigenvalue weighted by molar-refractivity contribution is -0.158. The number of halogens is 2. The van der Waals surface area contributed by atoms with Gasteiger partial charge in [0.15, 0.2) is 6.04 Å². The fraction of sp³-hybridized carbons (Fsp3) is 0.444. The molecule has 0 aromatic carbocycles. The Kier molecular flexibility index (Phi) is 6.89. The molecule has 2 aliphatic rings. The number of carbonyl (C=O) groups excluding carboxylic acids is 2. The van der Waals surface area contributed by atoms with E-state index in [2.05, 4.69) is 54.7 Å². The summed E-state index contributed by atoms with van der Waals surface area (Å²) in [5.41, 5.74) is -1.86. The molecule has 2 fully saturated rings. The second kappa shape index (κ2) is 9.29. The standard InChI is InChI=1S/C18H17Br2N5O7S2/c1-7(27)25(23-2-8(19)12(28)9(20)3-23)11-15(29)24-5-18(17(30)31,6-34-16(11)24)13(33)14-22-21-10(4-26)32-14/h2-3,11,13,16,26,33H,4-6H2,1H3,(H,30,31)/t11?,13?,16-,18?/m1/s1. The molecule has 4 atom stereocenters. The Morgan fingerprint density at radius 1 is 1.35 bits per heavy atom. The number of carboxylic acid groups (broad SMARTS) is 1. The smallest absolute Gasteiger partial charge is 0.313 e. The Balaban J connectivity index is 1.63. The fourth-order valence-electron chi connectivity index (χ4n) is 3.88. The second-order valence-corrected chi connectivity index (χ2v) is 11.0. The Morgan fingerprint density at radius 2 is 2.00 bits per heavy atom. The Bertz CT molecular complexity index is 1210. The van der Waals surface area contributed by atoms with Gasteiger partial charge in [-0.05, 0) is 31.9 Å². The van der Waals surface area contributed by atoms with Crippen LogP contribution in [0.3, 0.4) is 0 Å². The van der Waals surface area contributed by atoms with Gasteiger partial charge in [0.1, 0.15) is 17.4 Å². The van der Waals surface area contributed by atoms with Gasteiger partial charge in [0.2, 0.25) is 23.1 Å². The van der Waals surface area contributed by atoms with Gasteiger partial charge in [-0.1, -0.05) is 0 Å². The van der Waals surface area contributed by atoms with Crippen molar-refractivity contribution in [2.75, 3.05) is 17.3 Å². The number of carbonyl (C=O) groups is 3. The van der Waals surface area contributed by atoms with Gasteiger partial charge in [0.25, 0.3) is 5.91 Å². The molecule has 2 aromatic heterocycles. The van der Waals surface area contributed by atoms with Crippen LogP contribution in [-0.2, 0) is 21.0 Å². The molecule has 3 unspecified atom stereocenters. The topological polar surface area (TPSA) is 159 Å². The quantitative estimate of drug-likeness (QED) is 0.305. The number of hydrogen-bond donors (Lipinski definition) is 3. The number of thiol groups is 1. The number of amides is 2. The van der Waals surface area contributed by atoms with Crippen LogP contribution >= 0.6 is 56.3 Å². The number of carboxylic acids is 1. The predicted molar refractivity (Wildman–Crippen MR) is 129 cm³/mol. The highest BCUT2D eigenvalue weighted by Crippen LogP contribution is 2.50. The van der Waals surface area contributed by atoms with Crippen LogP contribution in [0.1, 0.15) is 24.0 Å². The minimum atomic E-state index is -1.55. The molecule has 0 radical (unpaired) electrons. The number of nitrogens with zero attached hydrogens (tertiary/aromatic N) is 5. The predicted octanol–water partition coefficient (Wildman–Crippen LogP) is 0.759. The molecule has 182 valence electrons. The molecule has 2 amide bonds. The zero-order chi connectivity index (χ0) is 24.9. The molecule has 4 heterocycles. The van der Waals surface area contributed by atoms with E-state index >= 15 is 0 Å². The first-order chi connectivity index (χ1) is 16.0. The molecule has 0 bridgehead atoms. The summed E-state index contributed by atoms with van der Waals surface area (Å²) in [6, 6.07) is -0.904. The third-order valence-electron chi connectivity index (χ3n) is 5.64. The molecule has 2 aliphatic heterocycles. The van der Waals surface area contributed by atoms with Gasteiger partial charge in [-0.15, -0.1) is 22.0 Å². The Hall–Kier alpha value is -1.88. The highest BCUT2D eigenvalue weighted by molar-refractivity contribution is 9.11. The molecular formula is C18H17Br2N5O7S2. The van der Waals surface area contributed by atoms with Crippen LogP contribution in [0.25, 0.3) is 0 Å². The van der Waals surface area contributed by atoms with Gasteiger partial charge < -0.3 is 19.5 Å². The molecule has 12 nitrogen and oxygen atoms in total. The van der Waals surface area contributed by atoms with Crippen LogP contribution in [0.4, 0.5) is 0 Å². The third kappa shape index (κ3) is 3.98. The molecule has 0 saturated carbocycles. The lowest BCUT2D eigenvalue weighted by atomic mass is 9.83. The van der Waals surface area contributed by atoms with Gasteiger partial charge in [-0.2, -0.15) is 12.6 Å². The van der Waals surface area contributed by atoms with Crippen LogP contribution in [0, 0.1) is 5.41 Å². The maximum atomic E-state index is 13.2. The zero-order valence-corrected chi connectivity index (χ0v) is 22.2. The highest BCUT2D eigenvalue weighted by Gasteiger charge is 2.62. The highest BCUT2D eigenvalue weighted by atomic mass is 79.9. The van der Waals surface area contributed by atoms with Crippen molar-refractivity contribution < 1.29 is 29.0 Å². The summed E-state index contributed by atoms with van der Waals surface area (Å²) in [4.78, 5) is 51.5.